The third-order valence-corrected chi connectivity index (χ3v) is 2.98. The molecule has 0 spiro atoms. The normalized spacial score (nSPS) is 10.0. The Kier molecular flexibility index (Phi) is 7.55. The van der Waals surface area contributed by atoms with Gasteiger partial charge in [0.15, 0.2) is 5.96 Å². The number of nitrogens with zero attached hydrogens (tertiary/aromatic N) is 1. The summed E-state index contributed by atoms with van der Waals surface area (Å²) in [5.74, 6) is -3.98. The van der Waals surface area contributed by atoms with Crippen LogP contribution in [0.1, 0.15) is 23.2 Å². The zero-order chi connectivity index (χ0) is 19.7. The molecule has 0 fully saturated rings. The van der Waals surface area contributed by atoms with Gasteiger partial charge < -0.3 is 32.3 Å². The lowest BCUT2D eigenvalue weighted by atomic mass is 10.1. The average Bonchev–Trinajstić information content (AvgIpc) is 2.50. The standard InChI is InChI=1S/C15H19N5O6/c16-15(17)20-9-3-1-2-8(4-9)14(26)18-7-11(21)19-10(5-12(22)23)6-13(24)25/h1-4,10H,5-7H2,(H,18,26)(H,19,21)(H,22,23)(H,24,25)(H4,16,17,20). The second-order valence-electron chi connectivity index (χ2n) is 5.23. The van der Waals surface area contributed by atoms with E-state index in [0.29, 0.717) is 5.69 Å². The van der Waals surface area contributed by atoms with E-state index >= 15 is 0 Å². The van der Waals surface area contributed by atoms with E-state index in [1.165, 1.54) is 12.1 Å². The molecule has 0 unspecified atom stereocenters. The second kappa shape index (κ2) is 9.61. The maximum absolute atomic E-state index is 12.0. The molecule has 0 saturated heterocycles. The summed E-state index contributed by atoms with van der Waals surface area (Å²) in [6.07, 6.45) is -1.10. The monoisotopic (exact) mass is 365 g/mol. The number of carboxylic acids is 2. The predicted molar refractivity (Wildman–Crippen MR) is 90.7 cm³/mol. The molecule has 1 aromatic carbocycles. The molecule has 26 heavy (non-hydrogen) atoms. The van der Waals surface area contributed by atoms with E-state index in [4.69, 9.17) is 21.7 Å². The zero-order valence-electron chi connectivity index (χ0n) is 13.6. The highest BCUT2D eigenvalue weighted by molar-refractivity contribution is 5.97. The Morgan fingerprint density at radius 1 is 1.08 bits per heavy atom. The quantitative estimate of drug-likeness (QED) is 0.230. The number of hydrogen-bond acceptors (Lipinski definition) is 5. The highest BCUT2D eigenvalue weighted by Crippen LogP contribution is 2.13. The molecule has 2 amide bonds. The van der Waals surface area contributed by atoms with Gasteiger partial charge in [0, 0.05) is 11.6 Å². The smallest absolute Gasteiger partial charge is 0.305 e. The molecular weight excluding hydrogens is 346 g/mol. The van der Waals surface area contributed by atoms with Crippen LogP contribution in [0, 0.1) is 0 Å². The van der Waals surface area contributed by atoms with Crippen molar-refractivity contribution in [3.05, 3.63) is 29.8 Å². The SMILES string of the molecule is NC(N)=Nc1cccc(C(=O)NCC(=O)NC(CC(=O)O)CC(=O)O)c1. The molecule has 0 aliphatic heterocycles. The number of carbonyl (C=O) groups excluding carboxylic acids is 2. The minimum absolute atomic E-state index is 0.176. The van der Waals surface area contributed by atoms with E-state index in [9.17, 15) is 19.2 Å². The van der Waals surface area contributed by atoms with Crippen LogP contribution in [0.3, 0.4) is 0 Å². The Hall–Kier alpha value is -3.63. The number of carbonyl (C=O) groups is 4. The van der Waals surface area contributed by atoms with Gasteiger partial charge in [-0.05, 0) is 18.2 Å². The number of carboxylic acid groups (broad SMARTS) is 2. The largest absolute Gasteiger partial charge is 0.481 e. The maximum Gasteiger partial charge on any atom is 0.305 e. The fourth-order valence-corrected chi connectivity index (χ4v) is 2.00. The number of aliphatic imine (C=N–C) groups is 1. The van der Waals surface area contributed by atoms with E-state index in [0.717, 1.165) is 0 Å². The molecule has 0 aliphatic carbocycles. The van der Waals surface area contributed by atoms with Crippen molar-refractivity contribution in [2.45, 2.75) is 18.9 Å². The van der Waals surface area contributed by atoms with Crippen molar-refractivity contribution in [1.82, 2.24) is 10.6 Å². The van der Waals surface area contributed by atoms with E-state index in [1.54, 1.807) is 12.1 Å². The van der Waals surface area contributed by atoms with E-state index in [1.807, 2.05) is 0 Å². The van der Waals surface area contributed by atoms with Gasteiger partial charge in [0.25, 0.3) is 5.91 Å². The Bertz CT molecular complexity index is 713. The number of hydrogen-bond donors (Lipinski definition) is 6. The molecule has 0 radical (unpaired) electrons. The average molecular weight is 365 g/mol. The Balaban J connectivity index is 2.63. The molecule has 1 aromatic rings. The van der Waals surface area contributed by atoms with Crippen molar-refractivity contribution in [3.63, 3.8) is 0 Å². The van der Waals surface area contributed by atoms with Crippen LogP contribution >= 0.6 is 0 Å². The molecule has 0 atom stereocenters. The van der Waals surface area contributed by atoms with Gasteiger partial charge in [-0.2, -0.15) is 0 Å². The summed E-state index contributed by atoms with van der Waals surface area (Å²) >= 11 is 0. The zero-order valence-corrected chi connectivity index (χ0v) is 13.6. The van der Waals surface area contributed by atoms with Crippen LogP contribution < -0.4 is 22.1 Å². The number of amides is 2. The lowest BCUT2D eigenvalue weighted by Crippen LogP contribution is -2.43. The minimum Gasteiger partial charge on any atom is -0.481 e. The summed E-state index contributed by atoms with van der Waals surface area (Å²) in [7, 11) is 0. The number of guanidine groups is 1. The van der Waals surface area contributed by atoms with Crippen molar-refractivity contribution in [2.75, 3.05) is 6.54 Å². The highest BCUT2D eigenvalue weighted by Gasteiger charge is 2.19. The van der Waals surface area contributed by atoms with Gasteiger partial charge in [-0.15, -0.1) is 0 Å². The number of aliphatic carboxylic acids is 2. The number of rotatable bonds is 9. The van der Waals surface area contributed by atoms with Crippen LogP contribution in [0.25, 0.3) is 0 Å². The molecular formula is C15H19N5O6. The first-order valence-electron chi connectivity index (χ1n) is 7.38. The van der Waals surface area contributed by atoms with Crippen LogP contribution in [0.4, 0.5) is 5.69 Å². The first-order chi connectivity index (χ1) is 12.2. The molecule has 0 bridgehead atoms. The van der Waals surface area contributed by atoms with Gasteiger partial charge in [-0.1, -0.05) is 6.07 Å². The summed E-state index contributed by atoms with van der Waals surface area (Å²) in [5, 5.41) is 22.0. The predicted octanol–water partition coefficient (Wildman–Crippen LogP) is -1.24. The second-order valence-corrected chi connectivity index (χ2v) is 5.23. The van der Waals surface area contributed by atoms with Gasteiger partial charge >= 0.3 is 11.9 Å². The highest BCUT2D eigenvalue weighted by atomic mass is 16.4. The third-order valence-electron chi connectivity index (χ3n) is 2.98. The summed E-state index contributed by atoms with van der Waals surface area (Å²) in [6.45, 7) is -0.457. The van der Waals surface area contributed by atoms with E-state index < -0.39 is 49.2 Å². The number of benzene rings is 1. The van der Waals surface area contributed by atoms with Crippen LogP contribution in [-0.2, 0) is 14.4 Å². The molecule has 0 aliphatic rings. The minimum atomic E-state index is -1.25. The lowest BCUT2D eigenvalue weighted by molar-refractivity contribution is -0.139. The third kappa shape index (κ3) is 7.77. The van der Waals surface area contributed by atoms with Crippen LogP contribution in [0.2, 0.25) is 0 Å². The maximum atomic E-state index is 12.0. The van der Waals surface area contributed by atoms with E-state index in [2.05, 4.69) is 15.6 Å². The van der Waals surface area contributed by atoms with Crippen molar-refractivity contribution in [3.8, 4) is 0 Å². The molecule has 140 valence electrons. The van der Waals surface area contributed by atoms with Crippen molar-refractivity contribution in [2.24, 2.45) is 16.5 Å². The fraction of sp³-hybridized carbons (Fsp3) is 0.267. The van der Waals surface area contributed by atoms with Crippen LogP contribution in [0.15, 0.2) is 29.3 Å². The van der Waals surface area contributed by atoms with Gasteiger partial charge in [0.1, 0.15) is 0 Å². The topological polar surface area (TPSA) is 197 Å². The van der Waals surface area contributed by atoms with Crippen LogP contribution in [0.5, 0.6) is 0 Å². The van der Waals surface area contributed by atoms with Gasteiger partial charge in [-0.3, -0.25) is 19.2 Å². The molecule has 11 nitrogen and oxygen atoms in total. The Morgan fingerprint density at radius 3 is 2.23 bits per heavy atom. The molecule has 0 aromatic heterocycles. The van der Waals surface area contributed by atoms with Crippen molar-refractivity contribution >= 4 is 35.4 Å². The van der Waals surface area contributed by atoms with Crippen LogP contribution in [-0.4, -0.2) is 52.5 Å². The molecule has 1 rings (SSSR count). The summed E-state index contributed by atoms with van der Waals surface area (Å²) in [4.78, 5) is 49.0. The lowest BCUT2D eigenvalue weighted by Gasteiger charge is -2.15. The summed E-state index contributed by atoms with van der Waals surface area (Å²) < 4.78 is 0. The summed E-state index contributed by atoms with van der Waals surface area (Å²) in [6, 6.07) is 4.93. The molecule has 11 heteroatoms. The number of nitrogens with one attached hydrogen (secondary N) is 2. The van der Waals surface area contributed by atoms with Gasteiger partial charge in [-0.25, -0.2) is 4.99 Å². The summed E-state index contributed by atoms with van der Waals surface area (Å²) in [5.41, 5.74) is 11.1. The fourth-order valence-electron chi connectivity index (χ4n) is 2.00. The first-order valence-corrected chi connectivity index (χ1v) is 7.38. The Morgan fingerprint density at radius 2 is 1.69 bits per heavy atom. The first kappa shape index (κ1) is 20.4. The Labute approximate surface area is 148 Å². The van der Waals surface area contributed by atoms with Gasteiger partial charge in [0.05, 0.1) is 25.1 Å². The molecule has 0 saturated carbocycles. The van der Waals surface area contributed by atoms with E-state index in [-0.39, 0.29) is 11.5 Å². The molecule has 0 heterocycles. The van der Waals surface area contributed by atoms with Crippen molar-refractivity contribution in [1.29, 1.82) is 0 Å². The van der Waals surface area contributed by atoms with Gasteiger partial charge in [0.2, 0.25) is 5.91 Å². The van der Waals surface area contributed by atoms with Crippen molar-refractivity contribution < 1.29 is 29.4 Å². The molecule has 8 N–H and O–H groups in total. The number of nitrogens with two attached hydrogens (primary N) is 2.